The third-order valence-electron chi connectivity index (χ3n) is 3.66. The van der Waals surface area contributed by atoms with E-state index in [0.29, 0.717) is 23.0 Å². The summed E-state index contributed by atoms with van der Waals surface area (Å²) in [5.41, 5.74) is 1.75. The minimum absolute atomic E-state index is 0.0136. The highest BCUT2D eigenvalue weighted by Crippen LogP contribution is 2.25. The van der Waals surface area contributed by atoms with Crippen molar-refractivity contribution in [3.8, 4) is 0 Å². The molecule has 5 nitrogen and oxygen atoms in total. The molecule has 0 aliphatic carbocycles. The first-order chi connectivity index (χ1) is 11.5. The quantitative estimate of drug-likeness (QED) is 0.614. The molecule has 1 saturated heterocycles. The number of thioether (sulfide) groups is 1. The highest BCUT2D eigenvalue weighted by molar-refractivity contribution is 8.23. The lowest BCUT2D eigenvalue weighted by Gasteiger charge is -2.14. The van der Waals surface area contributed by atoms with Gasteiger partial charge in [-0.2, -0.15) is 0 Å². The molecule has 1 N–H and O–H groups in total. The summed E-state index contributed by atoms with van der Waals surface area (Å²) in [6.45, 7) is 2.57. The molecule has 0 unspecified atom stereocenters. The maximum Gasteiger partial charge on any atom is 0.238 e. The van der Waals surface area contributed by atoms with Gasteiger partial charge in [0.25, 0.3) is 0 Å². The molecule has 1 aliphatic rings. The number of thiazole rings is 1. The van der Waals surface area contributed by atoms with Gasteiger partial charge in [0.1, 0.15) is 4.32 Å². The van der Waals surface area contributed by atoms with E-state index in [0.717, 1.165) is 33.8 Å². The first-order valence-electron chi connectivity index (χ1n) is 7.67. The van der Waals surface area contributed by atoms with Crippen molar-refractivity contribution in [1.82, 2.24) is 9.88 Å². The lowest BCUT2D eigenvalue weighted by Crippen LogP contribution is -2.29. The molecule has 0 atom stereocenters. The number of rotatable bonds is 6. The zero-order valence-electron chi connectivity index (χ0n) is 13.2. The Balaban J connectivity index is 1.45. The Labute approximate surface area is 153 Å². The van der Waals surface area contributed by atoms with Crippen LogP contribution in [-0.4, -0.2) is 38.3 Å². The monoisotopic (exact) mass is 379 g/mol. The van der Waals surface area contributed by atoms with E-state index in [-0.39, 0.29) is 11.8 Å². The molecule has 2 heterocycles. The highest BCUT2D eigenvalue weighted by atomic mass is 32.2. The summed E-state index contributed by atoms with van der Waals surface area (Å²) in [6, 6.07) is 5.75. The molecule has 0 saturated carbocycles. The van der Waals surface area contributed by atoms with Crippen LogP contribution in [0.5, 0.6) is 0 Å². The summed E-state index contributed by atoms with van der Waals surface area (Å²) in [4.78, 5) is 29.7. The van der Waals surface area contributed by atoms with Gasteiger partial charge in [0.15, 0.2) is 0 Å². The molecule has 0 spiro atoms. The lowest BCUT2D eigenvalue weighted by molar-refractivity contribution is -0.124. The number of aromatic nitrogens is 1. The van der Waals surface area contributed by atoms with Gasteiger partial charge in [0, 0.05) is 18.7 Å². The van der Waals surface area contributed by atoms with Gasteiger partial charge in [-0.15, -0.1) is 11.3 Å². The Hall–Kier alpha value is -1.51. The van der Waals surface area contributed by atoms with Gasteiger partial charge in [0.05, 0.1) is 21.0 Å². The van der Waals surface area contributed by atoms with Crippen LogP contribution < -0.4 is 5.32 Å². The number of aryl methyl sites for hydroxylation is 1. The molecule has 2 aromatic rings. The number of nitrogens with one attached hydrogen (secondary N) is 1. The number of unbranched alkanes of at least 4 members (excludes halogenated alkanes) is 1. The first kappa shape index (κ1) is 17.3. The van der Waals surface area contributed by atoms with Crippen LogP contribution in [0.3, 0.4) is 0 Å². The Morgan fingerprint density at radius 3 is 3.00 bits per heavy atom. The number of nitrogens with zero attached hydrogens (tertiary/aromatic N) is 2. The molecule has 24 heavy (non-hydrogen) atoms. The van der Waals surface area contributed by atoms with Gasteiger partial charge >= 0.3 is 0 Å². The van der Waals surface area contributed by atoms with Crippen molar-refractivity contribution in [2.45, 2.75) is 26.2 Å². The summed E-state index contributed by atoms with van der Waals surface area (Å²) in [6.07, 6.45) is 1.93. The lowest BCUT2D eigenvalue weighted by atomic mass is 10.2. The topological polar surface area (TPSA) is 62.3 Å². The zero-order chi connectivity index (χ0) is 17.1. The van der Waals surface area contributed by atoms with Gasteiger partial charge < -0.3 is 5.32 Å². The minimum Gasteiger partial charge on any atom is -0.326 e. The molecule has 1 aromatic carbocycles. The zero-order valence-corrected chi connectivity index (χ0v) is 15.7. The second-order valence-electron chi connectivity index (χ2n) is 5.52. The smallest absolute Gasteiger partial charge is 0.238 e. The van der Waals surface area contributed by atoms with E-state index < -0.39 is 0 Å². The number of benzene rings is 1. The number of hydrogen-bond donors (Lipinski definition) is 1. The van der Waals surface area contributed by atoms with E-state index in [2.05, 4.69) is 10.3 Å². The predicted octanol–water partition coefficient (Wildman–Crippen LogP) is 3.57. The van der Waals surface area contributed by atoms with E-state index >= 15 is 0 Å². The second kappa shape index (κ2) is 7.58. The predicted molar refractivity (Wildman–Crippen MR) is 104 cm³/mol. The van der Waals surface area contributed by atoms with Crippen molar-refractivity contribution < 1.29 is 9.59 Å². The molecule has 0 bridgehead atoms. The maximum atomic E-state index is 12.0. The molecule has 2 amide bonds. The summed E-state index contributed by atoms with van der Waals surface area (Å²) < 4.78 is 1.72. The van der Waals surface area contributed by atoms with Crippen LogP contribution in [0.4, 0.5) is 5.69 Å². The van der Waals surface area contributed by atoms with Gasteiger partial charge in [-0.3, -0.25) is 14.5 Å². The largest absolute Gasteiger partial charge is 0.326 e. The first-order valence-corrected chi connectivity index (χ1v) is 9.88. The Kier molecular flexibility index (Phi) is 5.47. The third kappa shape index (κ3) is 4.12. The van der Waals surface area contributed by atoms with Crippen molar-refractivity contribution in [3.05, 3.63) is 23.2 Å². The summed E-state index contributed by atoms with van der Waals surface area (Å²) in [7, 11) is 0. The Morgan fingerprint density at radius 1 is 1.42 bits per heavy atom. The fourth-order valence-electron chi connectivity index (χ4n) is 2.49. The second-order valence-corrected chi connectivity index (χ2v) is 8.36. The molecule has 8 heteroatoms. The molecular formula is C16H17N3O2S3. The fourth-order valence-corrected chi connectivity index (χ4v) is 4.48. The third-order valence-corrected chi connectivity index (χ3v) is 6.02. The molecule has 0 radical (unpaired) electrons. The summed E-state index contributed by atoms with van der Waals surface area (Å²) >= 11 is 8.15. The highest BCUT2D eigenvalue weighted by Gasteiger charge is 2.25. The molecule has 3 rings (SSSR count). The minimum atomic E-state index is -0.0136. The molecule has 1 aliphatic heterocycles. The van der Waals surface area contributed by atoms with E-state index in [4.69, 9.17) is 12.2 Å². The number of carbonyl (C=O) groups excluding carboxylic acids is 2. The number of amides is 2. The van der Waals surface area contributed by atoms with E-state index in [1.807, 2.05) is 25.1 Å². The van der Waals surface area contributed by atoms with Crippen LogP contribution in [0.25, 0.3) is 10.2 Å². The summed E-state index contributed by atoms with van der Waals surface area (Å²) in [5.74, 6) is 0.502. The van der Waals surface area contributed by atoms with Gasteiger partial charge in [0.2, 0.25) is 11.8 Å². The average molecular weight is 380 g/mol. The van der Waals surface area contributed by atoms with Crippen molar-refractivity contribution in [3.63, 3.8) is 0 Å². The van der Waals surface area contributed by atoms with E-state index in [1.54, 1.807) is 16.2 Å². The maximum absolute atomic E-state index is 12.0. The van der Waals surface area contributed by atoms with Crippen LogP contribution in [0.15, 0.2) is 18.2 Å². The van der Waals surface area contributed by atoms with Crippen LogP contribution in [0, 0.1) is 6.92 Å². The SMILES string of the molecule is Cc1nc2ccc(NC(=O)CCCCN3C(=O)CSC3=S)cc2s1. The van der Waals surface area contributed by atoms with Crippen LogP contribution >= 0.6 is 35.3 Å². The van der Waals surface area contributed by atoms with Crippen molar-refractivity contribution in [1.29, 1.82) is 0 Å². The molecule has 126 valence electrons. The fraction of sp³-hybridized carbons (Fsp3) is 0.375. The summed E-state index contributed by atoms with van der Waals surface area (Å²) in [5, 5.41) is 3.93. The van der Waals surface area contributed by atoms with Crippen LogP contribution in [0.2, 0.25) is 0 Å². The number of thiocarbonyl (C=S) groups is 1. The number of hydrogen-bond acceptors (Lipinski definition) is 6. The van der Waals surface area contributed by atoms with Crippen molar-refractivity contribution in [2.75, 3.05) is 17.6 Å². The average Bonchev–Trinajstić information content (AvgIpc) is 3.06. The van der Waals surface area contributed by atoms with Gasteiger partial charge in [-0.05, 0) is 38.0 Å². The van der Waals surface area contributed by atoms with Crippen LogP contribution in [0.1, 0.15) is 24.3 Å². The van der Waals surface area contributed by atoms with Crippen molar-refractivity contribution in [2.24, 2.45) is 0 Å². The molecule has 1 aromatic heterocycles. The van der Waals surface area contributed by atoms with E-state index in [9.17, 15) is 9.59 Å². The molecule has 1 fully saturated rings. The van der Waals surface area contributed by atoms with Gasteiger partial charge in [-0.1, -0.05) is 24.0 Å². The molecular weight excluding hydrogens is 362 g/mol. The normalized spacial score (nSPS) is 14.6. The van der Waals surface area contributed by atoms with Crippen molar-refractivity contribution >= 4 is 67.4 Å². The van der Waals surface area contributed by atoms with Gasteiger partial charge in [-0.25, -0.2) is 4.98 Å². The van der Waals surface area contributed by atoms with E-state index in [1.165, 1.54) is 11.8 Å². The van der Waals surface area contributed by atoms with Crippen LogP contribution in [-0.2, 0) is 9.59 Å². The number of fused-ring (bicyclic) bond motifs is 1. The Morgan fingerprint density at radius 2 is 2.25 bits per heavy atom. The number of carbonyl (C=O) groups is 2. The standard InChI is InChI=1S/C16H17N3O2S3/c1-10-17-12-6-5-11(8-13(12)24-10)18-14(20)4-2-3-7-19-15(21)9-23-16(19)22/h5-6,8H,2-4,7,9H2,1H3,(H,18,20). The number of anilines is 1. The Bertz CT molecular complexity index is 787.